The first kappa shape index (κ1) is 15.2. The molecule has 0 heterocycles. The second-order valence-corrected chi connectivity index (χ2v) is 4.01. The number of aliphatic hydroxyl groups excluding tert-OH is 1. The molecule has 1 aromatic rings. The van der Waals surface area contributed by atoms with Crippen LogP contribution in [-0.2, 0) is 0 Å². The van der Waals surface area contributed by atoms with Crippen molar-refractivity contribution in [1.29, 1.82) is 0 Å². The number of alkyl halides is 3. The first-order valence-electron chi connectivity index (χ1n) is 5.42. The second kappa shape index (κ2) is 5.87. The number of rotatable bonds is 5. The van der Waals surface area contributed by atoms with E-state index in [9.17, 15) is 23.3 Å². The summed E-state index contributed by atoms with van der Waals surface area (Å²) in [6.45, 7) is -0.583. The lowest BCUT2D eigenvalue weighted by Crippen LogP contribution is -2.36. The zero-order valence-corrected chi connectivity index (χ0v) is 10.1. The minimum absolute atomic E-state index is 0.142. The Morgan fingerprint density at radius 3 is 2.53 bits per heavy atom. The largest absolute Gasteiger partial charge is 0.405 e. The molecule has 0 saturated heterocycles. The number of nitro benzene ring substituents is 1. The molecular formula is C11H13F3N2O3. The lowest BCUT2D eigenvalue weighted by Gasteiger charge is -2.25. The van der Waals surface area contributed by atoms with Gasteiger partial charge in [0.25, 0.3) is 5.69 Å². The van der Waals surface area contributed by atoms with Gasteiger partial charge in [-0.25, -0.2) is 0 Å². The highest BCUT2D eigenvalue weighted by molar-refractivity contribution is 5.64. The van der Waals surface area contributed by atoms with Crippen molar-refractivity contribution in [3.63, 3.8) is 0 Å². The fourth-order valence-electron chi connectivity index (χ4n) is 1.66. The highest BCUT2D eigenvalue weighted by Crippen LogP contribution is 2.31. The van der Waals surface area contributed by atoms with Gasteiger partial charge in [0, 0.05) is 12.6 Å². The summed E-state index contributed by atoms with van der Waals surface area (Å²) in [6, 6.07) is 3.91. The molecule has 0 aliphatic rings. The molecule has 19 heavy (non-hydrogen) atoms. The molecule has 0 unspecified atom stereocenters. The smallest absolute Gasteiger partial charge is 0.395 e. The minimum atomic E-state index is -4.51. The lowest BCUT2D eigenvalue weighted by atomic mass is 10.1. The van der Waals surface area contributed by atoms with Crippen molar-refractivity contribution in [1.82, 2.24) is 0 Å². The summed E-state index contributed by atoms with van der Waals surface area (Å²) >= 11 is 0. The van der Waals surface area contributed by atoms with Gasteiger partial charge < -0.3 is 10.0 Å². The highest BCUT2D eigenvalue weighted by Gasteiger charge is 2.33. The molecular weight excluding hydrogens is 265 g/mol. The topological polar surface area (TPSA) is 66.6 Å². The average Bonchev–Trinajstić information content (AvgIpc) is 2.26. The van der Waals surface area contributed by atoms with Gasteiger partial charge in [0.05, 0.1) is 11.5 Å². The van der Waals surface area contributed by atoms with Crippen molar-refractivity contribution in [2.24, 2.45) is 0 Å². The van der Waals surface area contributed by atoms with Crippen LogP contribution >= 0.6 is 0 Å². The minimum Gasteiger partial charge on any atom is -0.395 e. The molecule has 0 fully saturated rings. The number of aryl methyl sites for hydroxylation is 1. The summed E-state index contributed by atoms with van der Waals surface area (Å²) in [4.78, 5) is 10.9. The number of aliphatic hydroxyl groups is 1. The third-order valence-corrected chi connectivity index (χ3v) is 2.41. The molecule has 0 saturated carbocycles. The third-order valence-electron chi connectivity index (χ3n) is 2.41. The van der Waals surface area contributed by atoms with Crippen LogP contribution in [0, 0.1) is 17.0 Å². The zero-order valence-electron chi connectivity index (χ0n) is 10.1. The maximum absolute atomic E-state index is 12.5. The van der Waals surface area contributed by atoms with Gasteiger partial charge >= 0.3 is 6.18 Å². The van der Waals surface area contributed by atoms with Gasteiger partial charge in [0.15, 0.2) is 0 Å². The van der Waals surface area contributed by atoms with E-state index in [0.717, 1.165) is 11.0 Å². The van der Waals surface area contributed by atoms with Crippen LogP contribution in [0.4, 0.5) is 24.5 Å². The van der Waals surface area contributed by atoms with Crippen LogP contribution in [0.3, 0.4) is 0 Å². The first-order valence-corrected chi connectivity index (χ1v) is 5.42. The zero-order chi connectivity index (χ0) is 14.6. The van der Waals surface area contributed by atoms with E-state index < -0.39 is 29.9 Å². The van der Waals surface area contributed by atoms with Crippen LogP contribution in [-0.4, -0.2) is 35.9 Å². The quantitative estimate of drug-likeness (QED) is 0.662. The number of hydrogen-bond donors (Lipinski definition) is 1. The fraction of sp³-hybridized carbons (Fsp3) is 0.455. The Balaban J connectivity index is 3.20. The summed E-state index contributed by atoms with van der Waals surface area (Å²) in [5.74, 6) is 0. The van der Waals surface area contributed by atoms with Gasteiger partial charge in [0.2, 0.25) is 0 Å². The number of nitro groups is 1. The molecule has 8 heteroatoms. The SMILES string of the molecule is Cc1ccc([N+](=O)[O-])c(N(CCO)CC(F)(F)F)c1. The lowest BCUT2D eigenvalue weighted by molar-refractivity contribution is -0.384. The van der Waals surface area contributed by atoms with E-state index in [2.05, 4.69) is 0 Å². The summed E-state index contributed by atoms with van der Waals surface area (Å²) in [5, 5.41) is 19.7. The molecule has 0 bridgehead atoms. The van der Waals surface area contributed by atoms with Crippen molar-refractivity contribution >= 4 is 11.4 Å². The second-order valence-electron chi connectivity index (χ2n) is 4.01. The van der Waals surface area contributed by atoms with E-state index in [1.165, 1.54) is 12.1 Å². The average molecular weight is 278 g/mol. The van der Waals surface area contributed by atoms with Crippen molar-refractivity contribution in [3.05, 3.63) is 33.9 Å². The monoisotopic (exact) mass is 278 g/mol. The van der Waals surface area contributed by atoms with Crippen molar-refractivity contribution < 1.29 is 23.2 Å². The van der Waals surface area contributed by atoms with Crippen LogP contribution in [0.15, 0.2) is 18.2 Å². The summed E-state index contributed by atoms with van der Waals surface area (Å²) < 4.78 is 37.4. The van der Waals surface area contributed by atoms with Gasteiger partial charge in [-0.05, 0) is 18.6 Å². The molecule has 0 aromatic heterocycles. The summed E-state index contributed by atoms with van der Waals surface area (Å²) in [7, 11) is 0. The van der Waals surface area contributed by atoms with Crippen molar-refractivity contribution in [2.45, 2.75) is 13.1 Å². The van der Waals surface area contributed by atoms with Crippen molar-refractivity contribution in [3.8, 4) is 0 Å². The molecule has 1 aromatic carbocycles. The van der Waals surface area contributed by atoms with E-state index >= 15 is 0 Å². The molecule has 5 nitrogen and oxygen atoms in total. The molecule has 0 radical (unpaired) electrons. The highest BCUT2D eigenvalue weighted by atomic mass is 19.4. The Hall–Kier alpha value is -1.83. The standard InChI is InChI=1S/C11H13F3N2O3/c1-8-2-3-9(16(18)19)10(6-8)15(4-5-17)7-11(12,13)14/h2-3,6,17H,4-5,7H2,1H3. The van der Waals surface area contributed by atoms with Crippen molar-refractivity contribution in [2.75, 3.05) is 24.6 Å². The van der Waals surface area contributed by atoms with E-state index in [-0.39, 0.29) is 12.2 Å². The van der Waals surface area contributed by atoms with Gasteiger partial charge in [0.1, 0.15) is 12.2 Å². The number of halogens is 3. The maximum atomic E-state index is 12.5. The van der Waals surface area contributed by atoms with Gasteiger partial charge in [-0.1, -0.05) is 6.07 Å². The Kier molecular flexibility index (Phi) is 4.71. The van der Waals surface area contributed by atoms with Gasteiger partial charge in [-0.2, -0.15) is 13.2 Å². The molecule has 0 aliphatic heterocycles. The Bertz CT molecular complexity index is 463. The molecule has 0 amide bonds. The number of benzene rings is 1. The molecule has 106 valence electrons. The van der Waals surface area contributed by atoms with Crippen LogP contribution in [0.1, 0.15) is 5.56 Å². The summed E-state index contributed by atoms with van der Waals surface area (Å²) in [6.07, 6.45) is -4.51. The fourth-order valence-corrected chi connectivity index (χ4v) is 1.66. The van der Waals surface area contributed by atoms with Gasteiger partial charge in [-0.3, -0.25) is 10.1 Å². The van der Waals surface area contributed by atoms with E-state index in [1.807, 2.05) is 0 Å². The normalized spacial score (nSPS) is 11.4. The Morgan fingerprint density at radius 2 is 2.05 bits per heavy atom. The maximum Gasteiger partial charge on any atom is 0.405 e. The molecule has 1 N–H and O–H groups in total. The van der Waals surface area contributed by atoms with E-state index in [0.29, 0.717) is 5.56 Å². The third kappa shape index (κ3) is 4.40. The van der Waals surface area contributed by atoms with E-state index in [4.69, 9.17) is 5.11 Å². The number of hydrogen-bond acceptors (Lipinski definition) is 4. The summed E-state index contributed by atoms with van der Waals surface area (Å²) in [5.41, 5.74) is 0.0467. The van der Waals surface area contributed by atoms with Crippen LogP contribution in [0.2, 0.25) is 0 Å². The van der Waals surface area contributed by atoms with Crippen LogP contribution in [0.5, 0.6) is 0 Å². The Labute approximate surface area is 107 Å². The van der Waals surface area contributed by atoms with Crippen LogP contribution < -0.4 is 4.90 Å². The number of anilines is 1. The molecule has 0 spiro atoms. The number of nitrogens with zero attached hydrogens (tertiary/aromatic N) is 2. The van der Waals surface area contributed by atoms with Crippen LogP contribution in [0.25, 0.3) is 0 Å². The molecule has 1 rings (SSSR count). The predicted octanol–water partition coefficient (Wildman–Crippen LogP) is 2.26. The van der Waals surface area contributed by atoms with E-state index in [1.54, 1.807) is 6.92 Å². The predicted molar refractivity (Wildman–Crippen MR) is 63.2 cm³/mol. The Morgan fingerprint density at radius 1 is 1.42 bits per heavy atom. The first-order chi connectivity index (χ1) is 8.74. The molecule has 0 atom stereocenters. The molecule has 0 aliphatic carbocycles. The van der Waals surface area contributed by atoms with Gasteiger partial charge in [-0.15, -0.1) is 0 Å².